The number of hydrogen-bond acceptors (Lipinski definition) is 2. The van der Waals surface area contributed by atoms with Crippen LogP contribution in [0, 0.1) is 0 Å². The summed E-state index contributed by atoms with van der Waals surface area (Å²) in [5.41, 5.74) is 1.94. The minimum absolute atomic E-state index is 0.818. The number of aromatic nitrogens is 1. The summed E-state index contributed by atoms with van der Waals surface area (Å²) < 4.78 is 6.62. The molecular formula is C17H10BrNO. The number of nitrogens with zero attached hydrogens (tertiary/aromatic N) is 1. The lowest BCUT2D eigenvalue weighted by molar-refractivity contribution is 0.441. The van der Waals surface area contributed by atoms with Crippen molar-refractivity contribution in [1.82, 2.24) is 5.16 Å². The molecule has 20 heavy (non-hydrogen) atoms. The Morgan fingerprint density at radius 2 is 1.70 bits per heavy atom. The second-order valence-electron chi connectivity index (χ2n) is 4.70. The minimum atomic E-state index is 0.818. The first-order valence-corrected chi connectivity index (χ1v) is 7.15. The predicted molar refractivity (Wildman–Crippen MR) is 84.7 cm³/mol. The number of fused-ring (bicyclic) bond motifs is 2. The molecular weight excluding hydrogens is 314 g/mol. The van der Waals surface area contributed by atoms with Crippen molar-refractivity contribution in [2.45, 2.75) is 0 Å². The summed E-state index contributed by atoms with van der Waals surface area (Å²) in [4.78, 5) is 0. The maximum Gasteiger partial charge on any atom is 0.175 e. The maximum absolute atomic E-state index is 5.59. The molecule has 0 aliphatic carbocycles. The molecule has 2 nitrogen and oxygen atoms in total. The molecule has 0 aliphatic heterocycles. The molecule has 0 radical (unpaired) electrons. The predicted octanol–water partition coefficient (Wildman–Crippen LogP) is 5.41. The monoisotopic (exact) mass is 323 g/mol. The summed E-state index contributed by atoms with van der Waals surface area (Å²) in [6.45, 7) is 0. The fourth-order valence-corrected chi connectivity index (χ4v) is 2.89. The Morgan fingerprint density at radius 3 is 2.65 bits per heavy atom. The van der Waals surface area contributed by atoms with Gasteiger partial charge in [0.2, 0.25) is 0 Å². The first kappa shape index (κ1) is 11.7. The summed E-state index contributed by atoms with van der Waals surface area (Å²) in [5.74, 6) is 0.818. The van der Waals surface area contributed by atoms with Crippen molar-refractivity contribution in [1.29, 1.82) is 0 Å². The number of benzene rings is 3. The molecule has 0 bridgehead atoms. The molecule has 0 amide bonds. The lowest BCUT2D eigenvalue weighted by atomic mass is 10.0. The SMILES string of the molecule is Brc1ccc2noc(-c3cccc4ccccc34)c2c1. The van der Waals surface area contributed by atoms with Crippen LogP contribution in [0.25, 0.3) is 33.0 Å². The number of rotatable bonds is 1. The van der Waals surface area contributed by atoms with Crippen molar-refractivity contribution in [3.05, 3.63) is 65.1 Å². The van der Waals surface area contributed by atoms with Crippen molar-refractivity contribution in [3.63, 3.8) is 0 Å². The summed E-state index contributed by atoms with van der Waals surface area (Å²) >= 11 is 3.50. The van der Waals surface area contributed by atoms with Crippen molar-refractivity contribution >= 4 is 37.6 Å². The van der Waals surface area contributed by atoms with Crippen LogP contribution in [-0.4, -0.2) is 5.16 Å². The highest BCUT2D eigenvalue weighted by Gasteiger charge is 2.13. The van der Waals surface area contributed by atoms with E-state index in [0.717, 1.165) is 26.7 Å². The lowest BCUT2D eigenvalue weighted by Crippen LogP contribution is -1.79. The molecule has 0 aliphatic rings. The van der Waals surface area contributed by atoms with E-state index in [1.165, 1.54) is 10.8 Å². The Balaban J connectivity index is 2.09. The highest BCUT2D eigenvalue weighted by atomic mass is 79.9. The molecule has 4 aromatic rings. The van der Waals surface area contributed by atoms with E-state index in [1.54, 1.807) is 0 Å². The van der Waals surface area contributed by atoms with Gasteiger partial charge in [-0.3, -0.25) is 0 Å². The third-order valence-corrected chi connectivity index (χ3v) is 3.97. The van der Waals surface area contributed by atoms with E-state index in [1.807, 2.05) is 36.4 Å². The third kappa shape index (κ3) is 1.74. The molecule has 0 saturated heterocycles. The molecule has 1 aromatic heterocycles. The summed E-state index contributed by atoms with van der Waals surface area (Å²) in [7, 11) is 0. The zero-order chi connectivity index (χ0) is 13.5. The van der Waals surface area contributed by atoms with Gasteiger partial charge in [0.1, 0.15) is 5.52 Å². The molecule has 96 valence electrons. The van der Waals surface area contributed by atoms with Gasteiger partial charge in [-0.05, 0) is 29.0 Å². The van der Waals surface area contributed by atoms with E-state index in [2.05, 4.69) is 45.4 Å². The molecule has 0 fully saturated rings. The first-order valence-electron chi connectivity index (χ1n) is 6.36. The maximum atomic E-state index is 5.59. The van der Waals surface area contributed by atoms with Crippen LogP contribution in [0.5, 0.6) is 0 Å². The van der Waals surface area contributed by atoms with Crippen LogP contribution in [0.1, 0.15) is 0 Å². The van der Waals surface area contributed by atoms with Crippen LogP contribution < -0.4 is 0 Å². The topological polar surface area (TPSA) is 26.0 Å². The Bertz CT molecular complexity index is 921. The molecule has 3 aromatic carbocycles. The molecule has 0 atom stereocenters. The molecule has 0 unspecified atom stereocenters. The van der Waals surface area contributed by atoms with Gasteiger partial charge in [0.15, 0.2) is 5.76 Å². The van der Waals surface area contributed by atoms with Gasteiger partial charge in [-0.15, -0.1) is 0 Å². The zero-order valence-corrected chi connectivity index (χ0v) is 12.1. The smallest absolute Gasteiger partial charge is 0.175 e. The van der Waals surface area contributed by atoms with Gasteiger partial charge >= 0.3 is 0 Å². The van der Waals surface area contributed by atoms with Gasteiger partial charge in [-0.1, -0.05) is 63.6 Å². The second-order valence-corrected chi connectivity index (χ2v) is 5.62. The van der Waals surface area contributed by atoms with Crippen molar-refractivity contribution in [2.24, 2.45) is 0 Å². The highest BCUT2D eigenvalue weighted by Crippen LogP contribution is 2.34. The average molecular weight is 324 g/mol. The normalized spacial score (nSPS) is 11.2. The Morgan fingerprint density at radius 1 is 0.850 bits per heavy atom. The van der Waals surface area contributed by atoms with E-state index in [0.29, 0.717) is 0 Å². The quantitative estimate of drug-likeness (QED) is 0.468. The van der Waals surface area contributed by atoms with Crippen molar-refractivity contribution < 1.29 is 4.52 Å². The number of halogens is 1. The van der Waals surface area contributed by atoms with E-state index >= 15 is 0 Å². The van der Waals surface area contributed by atoms with E-state index in [-0.39, 0.29) is 0 Å². The van der Waals surface area contributed by atoms with Gasteiger partial charge in [-0.2, -0.15) is 0 Å². The van der Waals surface area contributed by atoms with Crippen molar-refractivity contribution in [2.75, 3.05) is 0 Å². The molecule has 4 rings (SSSR count). The molecule has 1 heterocycles. The second kappa shape index (κ2) is 4.46. The minimum Gasteiger partial charge on any atom is -0.355 e. The van der Waals surface area contributed by atoms with Gasteiger partial charge in [-0.25, -0.2) is 0 Å². The van der Waals surface area contributed by atoms with E-state index in [9.17, 15) is 0 Å². The van der Waals surface area contributed by atoms with Gasteiger partial charge in [0.05, 0.1) is 5.39 Å². The fraction of sp³-hybridized carbons (Fsp3) is 0. The summed E-state index contributed by atoms with van der Waals surface area (Å²) in [6.07, 6.45) is 0. The van der Waals surface area contributed by atoms with Gasteiger partial charge in [0.25, 0.3) is 0 Å². The van der Waals surface area contributed by atoms with E-state index < -0.39 is 0 Å². The van der Waals surface area contributed by atoms with Crippen LogP contribution in [0.2, 0.25) is 0 Å². The van der Waals surface area contributed by atoms with Crippen LogP contribution in [0.4, 0.5) is 0 Å². The van der Waals surface area contributed by atoms with Crippen molar-refractivity contribution in [3.8, 4) is 11.3 Å². The largest absolute Gasteiger partial charge is 0.355 e. The average Bonchev–Trinajstić information content (AvgIpc) is 2.89. The Hall–Kier alpha value is -2.13. The molecule has 0 saturated carbocycles. The van der Waals surface area contributed by atoms with E-state index in [4.69, 9.17) is 4.52 Å². The highest BCUT2D eigenvalue weighted by molar-refractivity contribution is 9.10. The van der Waals surface area contributed by atoms with Crippen LogP contribution in [0.15, 0.2) is 69.7 Å². The van der Waals surface area contributed by atoms with Crippen LogP contribution in [-0.2, 0) is 0 Å². The van der Waals surface area contributed by atoms with Crippen LogP contribution in [0.3, 0.4) is 0 Å². The van der Waals surface area contributed by atoms with Gasteiger partial charge < -0.3 is 4.52 Å². The first-order chi connectivity index (χ1) is 9.83. The zero-order valence-electron chi connectivity index (χ0n) is 10.5. The standard InChI is InChI=1S/C17H10BrNO/c18-12-8-9-16-15(10-12)17(20-19-16)14-7-3-5-11-4-1-2-6-13(11)14/h1-10H. The molecule has 3 heteroatoms. The molecule has 0 N–H and O–H groups in total. The Labute approximate surface area is 124 Å². The number of hydrogen-bond donors (Lipinski definition) is 0. The van der Waals surface area contributed by atoms with Crippen LogP contribution >= 0.6 is 15.9 Å². The van der Waals surface area contributed by atoms with Gasteiger partial charge in [0, 0.05) is 10.0 Å². The summed E-state index contributed by atoms with van der Waals surface area (Å²) in [5, 5.41) is 7.54. The third-order valence-electron chi connectivity index (χ3n) is 3.47. The molecule has 0 spiro atoms. The lowest BCUT2D eigenvalue weighted by Gasteiger charge is -2.03. The Kier molecular flexibility index (Phi) is 2.60. The fourth-order valence-electron chi connectivity index (χ4n) is 2.53. The summed E-state index contributed by atoms with van der Waals surface area (Å²) in [6, 6.07) is 20.5.